The number of ether oxygens (including phenoxy) is 1. The summed E-state index contributed by atoms with van der Waals surface area (Å²) in [5, 5.41) is 10.3. The van der Waals surface area contributed by atoms with Gasteiger partial charge in [0, 0.05) is 24.8 Å². The van der Waals surface area contributed by atoms with Crippen molar-refractivity contribution in [3.05, 3.63) is 38.7 Å². The van der Waals surface area contributed by atoms with Crippen LogP contribution in [0, 0.1) is 15.9 Å². The molecular formula is C9H7ClFNO4. The van der Waals surface area contributed by atoms with Gasteiger partial charge >= 0.3 is 5.69 Å². The molecule has 5 nitrogen and oxygen atoms in total. The summed E-state index contributed by atoms with van der Waals surface area (Å²) < 4.78 is 17.6. The predicted molar refractivity (Wildman–Crippen MR) is 54.3 cm³/mol. The summed E-state index contributed by atoms with van der Waals surface area (Å²) in [4.78, 5) is 20.9. The Morgan fingerprint density at radius 3 is 2.75 bits per heavy atom. The van der Waals surface area contributed by atoms with E-state index in [1.165, 1.54) is 7.11 Å². The van der Waals surface area contributed by atoms with Crippen LogP contribution in [-0.2, 0) is 4.74 Å². The van der Waals surface area contributed by atoms with Gasteiger partial charge in [0.25, 0.3) is 0 Å². The SMILES string of the molecule is COCC(=O)c1cc([N+](=O)[O-])c(F)cc1Cl. The summed E-state index contributed by atoms with van der Waals surface area (Å²) >= 11 is 5.60. The number of rotatable bonds is 4. The zero-order valence-corrected chi connectivity index (χ0v) is 8.95. The molecular weight excluding hydrogens is 241 g/mol. The Balaban J connectivity index is 3.24. The largest absolute Gasteiger partial charge is 0.377 e. The van der Waals surface area contributed by atoms with Crippen molar-refractivity contribution in [2.75, 3.05) is 13.7 Å². The van der Waals surface area contributed by atoms with Crippen molar-refractivity contribution in [2.45, 2.75) is 0 Å². The zero-order valence-electron chi connectivity index (χ0n) is 8.20. The van der Waals surface area contributed by atoms with Crippen molar-refractivity contribution >= 4 is 23.1 Å². The molecule has 0 aliphatic heterocycles. The fourth-order valence-electron chi connectivity index (χ4n) is 1.10. The van der Waals surface area contributed by atoms with Crippen LogP contribution >= 0.6 is 11.6 Å². The summed E-state index contributed by atoms with van der Waals surface area (Å²) in [5.41, 5.74) is -0.916. The maximum Gasteiger partial charge on any atom is 0.305 e. The summed E-state index contributed by atoms with van der Waals surface area (Å²) in [6, 6.07) is 1.54. The van der Waals surface area contributed by atoms with Crippen molar-refractivity contribution in [3.63, 3.8) is 0 Å². The molecule has 0 saturated heterocycles. The van der Waals surface area contributed by atoms with Crippen LogP contribution in [0.3, 0.4) is 0 Å². The fourth-order valence-corrected chi connectivity index (χ4v) is 1.36. The normalized spacial score (nSPS) is 10.2. The Labute approximate surface area is 94.9 Å². The summed E-state index contributed by atoms with van der Waals surface area (Å²) in [6.07, 6.45) is 0. The number of halogens is 2. The van der Waals surface area contributed by atoms with Crippen LogP contribution in [0.1, 0.15) is 10.4 Å². The molecule has 0 atom stereocenters. The molecule has 0 unspecified atom stereocenters. The van der Waals surface area contributed by atoms with Gasteiger partial charge in [0.05, 0.1) is 9.95 Å². The van der Waals surface area contributed by atoms with Gasteiger partial charge in [-0.05, 0) is 0 Å². The number of nitrogens with zero attached hydrogens (tertiary/aromatic N) is 1. The van der Waals surface area contributed by atoms with Gasteiger partial charge in [-0.3, -0.25) is 14.9 Å². The molecule has 0 radical (unpaired) electrons. The first-order chi connectivity index (χ1) is 7.47. The Bertz CT molecular complexity index is 449. The average Bonchev–Trinajstić information content (AvgIpc) is 2.17. The third-order valence-electron chi connectivity index (χ3n) is 1.81. The van der Waals surface area contributed by atoms with Crippen LogP contribution in [0.25, 0.3) is 0 Å². The van der Waals surface area contributed by atoms with Crippen molar-refractivity contribution < 1.29 is 18.8 Å². The lowest BCUT2D eigenvalue weighted by Gasteiger charge is -2.03. The molecule has 0 N–H and O–H groups in total. The van der Waals surface area contributed by atoms with Gasteiger partial charge in [-0.1, -0.05) is 11.6 Å². The number of methoxy groups -OCH3 is 1. The molecule has 1 aromatic rings. The summed E-state index contributed by atoms with van der Waals surface area (Å²) in [7, 11) is 1.30. The lowest BCUT2D eigenvalue weighted by molar-refractivity contribution is -0.387. The first-order valence-electron chi connectivity index (χ1n) is 4.13. The lowest BCUT2D eigenvalue weighted by atomic mass is 10.1. The van der Waals surface area contributed by atoms with Crippen LogP contribution in [0.15, 0.2) is 12.1 Å². The topological polar surface area (TPSA) is 69.4 Å². The number of ketones is 1. The minimum atomic E-state index is -1.08. The Hall–Kier alpha value is -1.53. The number of nitro groups is 1. The van der Waals surface area contributed by atoms with E-state index in [9.17, 15) is 19.3 Å². The van der Waals surface area contributed by atoms with E-state index in [0.29, 0.717) is 0 Å². The number of hydrogen-bond acceptors (Lipinski definition) is 4. The Kier molecular flexibility index (Phi) is 3.92. The molecule has 0 bridgehead atoms. The molecule has 0 spiro atoms. The number of hydrogen-bond donors (Lipinski definition) is 0. The molecule has 0 amide bonds. The molecule has 0 aliphatic rings. The third kappa shape index (κ3) is 2.53. The lowest BCUT2D eigenvalue weighted by Crippen LogP contribution is -2.09. The zero-order chi connectivity index (χ0) is 12.3. The van der Waals surface area contributed by atoms with E-state index in [1.54, 1.807) is 0 Å². The van der Waals surface area contributed by atoms with Gasteiger partial charge in [-0.25, -0.2) is 0 Å². The van der Waals surface area contributed by atoms with E-state index in [2.05, 4.69) is 4.74 Å². The molecule has 7 heteroatoms. The second-order valence-corrected chi connectivity index (χ2v) is 3.30. The van der Waals surface area contributed by atoms with Gasteiger partial charge in [0.2, 0.25) is 5.82 Å². The molecule has 0 aromatic heterocycles. The van der Waals surface area contributed by atoms with Gasteiger partial charge in [0.1, 0.15) is 6.61 Å². The first-order valence-corrected chi connectivity index (χ1v) is 4.50. The monoisotopic (exact) mass is 247 g/mol. The minimum Gasteiger partial charge on any atom is -0.377 e. The smallest absolute Gasteiger partial charge is 0.305 e. The van der Waals surface area contributed by atoms with E-state index in [4.69, 9.17) is 11.6 Å². The molecule has 1 rings (SSSR count). The van der Waals surface area contributed by atoms with Gasteiger partial charge in [-0.2, -0.15) is 4.39 Å². The van der Waals surface area contributed by atoms with Crippen molar-refractivity contribution in [2.24, 2.45) is 0 Å². The molecule has 0 aliphatic carbocycles. The van der Waals surface area contributed by atoms with Crippen LogP contribution < -0.4 is 0 Å². The highest BCUT2D eigenvalue weighted by Gasteiger charge is 2.20. The summed E-state index contributed by atoms with van der Waals surface area (Å²) in [5.74, 6) is -1.63. The van der Waals surface area contributed by atoms with Crippen LogP contribution in [0.5, 0.6) is 0 Å². The first kappa shape index (κ1) is 12.5. The highest BCUT2D eigenvalue weighted by Crippen LogP contribution is 2.26. The number of carbonyl (C=O) groups is 1. The number of nitro benzene ring substituents is 1. The molecule has 86 valence electrons. The highest BCUT2D eigenvalue weighted by molar-refractivity contribution is 6.34. The van der Waals surface area contributed by atoms with Crippen LogP contribution in [-0.4, -0.2) is 24.4 Å². The second-order valence-electron chi connectivity index (χ2n) is 2.90. The summed E-state index contributed by atoms with van der Waals surface area (Å²) in [6.45, 7) is -0.275. The standard InChI is InChI=1S/C9H7ClFNO4/c1-16-4-9(13)5-2-8(12(14)15)7(11)3-6(5)10/h2-3H,4H2,1H3. The molecule has 0 fully saturated rings. The van der Waals surface area contributed by atoms with Crippen molar-refractivity contribution in [1.82, 2.24) is 0 Å². The highest BCUT2D eigenvalue weighted by atomic mass is 35.5. The second kappa shape index (κ2) is 5.00. The quantitative estimate of drug-likeness (QED) is 0.465. The van der Waals surface area contributed by atoms with Crippen LogP contribution in [0.2, 0.25) is 5.02 Å². The molecule has 1 aromatic carbocycles. The van der Waals surface area contributed by atoms with Crippen LogP contribution in [0.4, 0.5) is 10.1 Å². The number of benzene rings is 1. The maximum absolute atomic E-state index is 13.1. The average molecular weight is 248 g/mol. The minimum absolute atomic E-state index is 0.128. The Morgan fingerprint density at radius 1 is 1.62 bits per heavy atom. The van der Waals surface area contributed by atoms with Gasteiger partial charge in [0.15, 0.2) is 5.78 Å². The van der Waals surface area contributed by atoms with E-state index in [0.717, 1.165) is 12.1 Å². The van der Waals surface area contributed by atoms with Crippen molar-refractivity contribution in [1.29, 1.82) is 0 Å². The van der Waals surface area contributed by atoms with E-state index in [1.807, 2.05) is 0 Å². The molecule has 0 heterocycles. The molecule has 0 saturated carbocycles. The third-order valence-corrected chi connectivity index (χ3v) is 2.12. The van der Waals surface area contributed by atoms with E-state index in [-0.39, 0.29) is 17.2 Å². The van der Waals surface area contributed by atoms with E-state index >= 15 is 0 Å². The number of Topliss-reactive ketones (excluding diaryl/α,β-unsaturated/α-hetero) is 1. The predicted octanol–water partition coefficient (Wildman–Crippen LogP) is 2.22. The molecule has 16 heavy (non-hydrogen) atoms. The number of carbonyl (C=O) groups excluding carboxylic acids is 1. The van der Waals surface area contributed by atoms with Gasteiger partial charge < -0.3 is 4.74 Å². The maximum atomic E-state index is 13.1. The van der Waals surface area contributed by atoms with E-state index < -0.39 is 22.2 Å². The van der Waals surface area contributed by atoms with Crippen molar-refractivity contribution in [3.8, 4) is 0 Å². The van der Waals surface area contributed by atoms with Gasteiger partial charge in [-0.15, -0.1) is 0 Å². The Morgan fingerprint density at radius 2 is 2.25 bits per heavy atom. The fraction of sp³-hybridized carbons (Fsp3) is 0.222.